The van der Waals surface area contributed by atoms with E-state index in [0.717, 1.165) is 28.8 Å². The highest BCUT2D eigenvalue weighted by atomic mass is 19.2. The third-order valence-corrected chi connectivity index (χ3v) is 7.14. The fourth-order valence-electron chi connectivity index (χ4n) is 5.03. The molecule has 1 fully saturated rings. The lowest BCUT2D eigenvalue weighted by atomic mass is 9.77. The molecule has 0 radical (unpaired) electrons. The van der Waals surface area contributed by atoms with Crippen LogP contribution in [0.25, 0.3) is 11.1 Å². The SMILES string of the molecule is COC1CC(C(=O)O)N(C(=O)[C@@H](Nc2ccc(F)c(F)c2)C(C)(C)Cc2ccc(-c3ccccc3)cc2)C1. The third kappa shape index (κ3) is 6.02. The number of hydrogen-bond donors (Lipinski definition) is 2. The Morgan fingerprint density at radius 3 is 2.29 bits per heavy atom. The highest BCUT2D eigenvalue weighted by Gasteiger charge is 2.45. The van der Waals surface area contributed by atoms with Crippen molar-refractivity contribution in [2.45, 2.75) is 44.9 Å². The summed E-state index contributed by atoms with van der Waals surface area (Å²) >= 11 is 0. The molecule has 8 heteroatoms. The van der Waals surface area contributed by atoms with Gasteiger partial charge in [-0.1, -0.05) is 68.4 Å². The zero-order valence-electron chi connectivity index (χ0n) is 21.7. The fourth-order valence-corrected chi connectivity index (χ4v) is 5.03. The molecule has 2 unspecified atom stereocenters. The van der Waals surface area contributed by atoms with Crippen molar-refractivity contribution >= 4 is 17.6 Å². The molecule has 0 bridgehead atoms. The van der Waals surface area contributed by atoms with Crippen molar-refractivity contribution in [3.05, 3.63) is 90.0 Å². The minimum atomic E-state index is -1.11. The first-order chi connectivity index (χ1) is 18.1. The van der Waals surface area contributed by atoms with Gasteiger partial charge in [-0.15, -0.1) is 0 Å². The topological polar surface area (TPSA) is 78.9 Å². The molecule has 0 aromatic heterocycles. The standard InChI is InChI=1S/C30H32F2N2O4/c1-30(2,17-19-9-11-21(12-10-19)20-7-5-4-6-8-20)27(33-22-13-14-24(31)25(32)15-22)28(35)34-18-23(38-3)16-26(34)29(36)37/h4-15,23,26-27,33H,16-18H2,1-3H3,(H,36,37)/t23?,26?,27-/m1/s1. The van der Waals surface area contributed by atoms with Gasteiger partial charge < -0.3 is 20.1 Å². The molecule has 0 spiro atoms. The fraction of sp³-hybridized carbons (Fsp3) is 0.333. The number of rotatable bonds is 9. The smallest absolute Gasteiger partial charge is 0.326 e. The van der Waals surface area contributed by atoms with Gasteiger partial charge in [-0.05, 0) is 40.7 Å². The van der Waals surface area contributed by atoms with Gasteiger partial charge >= 0.3 is 5.97 Å². The van der Waals surface area contributed by atoms with Crippen LogP contribution < -0.4 is 5.32 Å². The number of nitrogens with one attached hydrogen (secondary N) is 1. The Kier molecular flexibility index (Phi) is 8.11. The van der Waals surface area contributed by atoms with Gasteiger partial charge in [0.15, 0.2) is 11.6 Å². The zero-order valence-corrected chi connectivity index (χ0v) is 21.7. The molecule has 6 nitrogen and oxygen atoms in total. The maximum atomic E-state index is 14.0. The second kappa shape index (κ2) is 11.3. The molecule has 1 aliphatic heterocycles. The van der Waals surface area contributed by atoms with Gasteiger partial charge in [-0.25, -0.2) is 13.6 Å². The van der Waals surface area contributed by atoms with E-state index in [2.05, 4.69) is 5.32 Å². The third-order valence-electron chi connectivity index (χ3n) is 7.14. The summed E-state index contributed by atoms with van der Waals surface area (Å²) in [7, 11) is 1.48. The minimum absolute atomic E-state index is 0.129. The molecule has 1 aliphatic rings. The highest BCUT2D eigenvalue weighted by molar-refractivity contribution is 5.90. The monoisotopic (exact) mass is 522 g/mol. The quantitative estimate of drug-likeness (QED) is 0.395. The molecule has 4 rings (SSSR count). The highest BCUT2D eigenvalue weighted by Crippen LogP contribution is 2.33. The number of carbonyl (C=O) groups excluding carboxylic acids is 1. The number of nitrogens with zero attached hydrogens (tertiary/aromatic N) is 1. The number of anilines is 1. The van der Waals surface area contributed by atoms with Crippen LogP contribution in [0.5, 0.6) is 0 Å². The van der Waals surface area contributed by atoms with Crippen LogP contribution in [0.1, 0.15) is 25.8 Å². The molecule has 3 aromatic rings. The van der Waals surface area contributed by atoms with Crippen LogP contribution in [-0.2, 0) is 20.7 Å². The number of aliphatic carboxylic acids is 1. The average molecular weight is 523 g/mol. The summed E-state index contributed by atoms with van der Waals surface area (Å²) in [5, 5.41) is 12.9. The van der Waals surface area contributed by atoms with E-state index in [4.69, 9.17) is 4.74 Å². The minimum Gasteiger partial charge on any atom is -0.480 e. The lowest BCUT2D eigenvalue weighted by molar-refractivity contribution is -0.149. The summed E-state index contributed by atoms with van der Waals surface area (Å²) in [6.45, 7) is 3.92. The van der Waals surface area contributed by atoms with Crippen LogP contribution >= 0.6 is 0 Å². The van der Waals surface area contributed by atoms with Crippen LogP contribution in [-0.4, -0.2) is 53.7 Å². The lowest BCUT2D eigenvalue weighted by Gasteiger charge is -2.38. The number of benzene rings is 3. The second-order valence-electron chi connectivity index (χ2n) is 10.4. The Bertz CT molecular complexity index is 1280. The van der Waals surface area contributed by atoms with E-state index in [0.29, 0.717) is 6.42 Å². The Morgan fingerprint density at radius 2 is 1.68 bits per heavy atom. The molecule has 200 valence electrons. The first-order valence-corrected chi connectivity index (χ1v) is 12.5. The first-order valence-electron chi connectivity index (χ1n) is 12.5. The average Bonchev–Trinajstić information content (AvgIpc) is 3.35. The Balaban J connectivity index is 1.63. The van der Waals surface area contributed by atoms with E-state index in [-0.39, 0.29) is 18.7 Å². The number of methoxy groups -OCH3 is 1. The number of carboxylic acids is 1. The maximum Gasteiger partial charge on any atom is 0.326 e. The number of hydrogen-bond acceptors (Lipinski definition) is 4. The molecular formula is C30H32F2N2O4. The summed E-state index contributed by atoms with van der Waals surface area (Å²) < 4.78 is 33.0. The first kappa shape index (κ1) is 27.3. The number of amides is 1. The van der Waals surface area contributed by atoms with E-state index >= 15 is 0 Å². The van der Waals surface area contributed by atoms with Crippen molar-refractivity contribution in [1.82, 2.24) is 4.90 Å². The molecule has 1 saturated heterocycles. The number of carbonyl (C=O) groups is 2. The van der Waals surface area contributed by atoms with Crippen LogP contribution in [0, 0.1) is 17.0 Å². The van der Waals surface area contributed by atoms with E-state index in [1.807, 2.05) is 68.4 Å². The predicted octanol–water partition coefficient (Wildman–Crippen LogP) is 5.38. The summed E-state index contributed by atoms with van der Waals surface area (Å²) in [5.74, 6) is -3.59. The molecule has 38 heavy (non-hydrogen) atoms. The molecule has 3 aromatic carbocycles. The van der Waals surface area contributed by atoms with Gasteiger partial charge in [0.25, 0.3) is 0 Å². The van der Waals surface area contributed by atoms with Crippen LogP contribution in [0.2, 0.25) is 0 Å². The van der Waals surface area contributed by atoms with Crippen molar-refractivity contribution in [2.24, 2.45) is 5.41 Å². The maximum absolute atomic E-state index is 14.0. The van der Waals surface area contributed by atoms with E-state index < -0.39 is 47.1 Å². The molecule has 3 atom stereocenters. The van der Waals surface area contributed by atoms with Crippen molar-refractivity contribution in [2.75, 3.05) is 19.0 Å². The van der Waals surface area contributed by atoms with Gasteiger partial charge in [-0.2, -0.15) is 0 Å². The van der Waals surface area contributed by atoms with Gasteiger partial charge in [0.2, 0.25) is 5.91 Å². The zero-order chi connectivity index (χ0) is 27.4. The predicted molar refractivity (Wildman–Crippen MR) is 142 cm³/mol. The second-order valence-corrected chi connectivity index (χ2v) is 10.4. The molecule has 2 N–H and O–H groups in total. The summed E-state index contributed by atoms with van der Waals surface area (Å²) in [4.78, 5) is 27.2. The lowest BCUT2D eigenvalue weighted by Crippen LogP contribution is -2.54. The summed E-state index contributed by atoms with van der Waals surface area (Å²) in [6.07, 6.45) is 0.239. The number of halogens is 2. The van der Waals surface area contributed by atoms with Gasteiger partial charge in [0.1, 0.15) is 12.1 Å². The molecule has 0 aliphatic carbocycles. The van der Waals surface area contributed by atoms with Crippen LogP contribution in [0.4, 0.5) is 14.5 Å². The molecular weight excluding hydrogens is 490 g/mol. The number of likely N-dealkylation sites (tertiary alicyclic amines) is 1. The molecule has 1 heterocycles. The van der Waals surface area contributed by atoms with Crippen LogP contribution in [0.3, 0.4) is 0 Å². The van der Waals surface area contributed by atoms with Crippen molar-refractivity contribution in [3.8, 4) is 11.1 Å². The van der Waals surface area contributed by atoms with E-state index in [1.165, 1.54) is 18.1 Å². The Labute approximate surface area is 221 Å². The Hall–Kier alpha value is -3.78. The Morgan fingerprint density at radius 1 is 1.03 bits per heavy atom. The van der Waals surface area contributed by atoms with Crippen LogP contribution in [0.15, 0.2) is 72.8 Å². The van der Waals surface area contributed by atoms with Gasteiger partial charge in [0, 0.05) is 31.8 Å². The number of carboxylic acid groups (broad SMARTS) is 1. The summed E-state index contributed by atoms with van der Waals surface area (Å²) in [6, 6.07) is 19.4. The van der Waals surface area contributed by atoms with Gasteiger partial charge in [-0.3, -0.25) is 4.79 Å². The van der Waals surface area contributed by atoms with E-state index in [1.54, 1.807) is 0 Å². The van der Waals surface area contributed by atoms with E-state index in [9.17, 15) is 23.5 Å². The van der Waals surface area contributed by atoms with Crippen molar-refractivity contribution < 1.29 is 28.2 Å². The van der Waals surface area contributed by atoms with Gasteiger partial charge in [0.05, 0.1) is 6.10 Å². The largest absolute Gasteiger partial charge is 0.480 e. The molecule has 0 saturated carbocycles. The summed E-state index contributed by atoms with van der Waals surface area (Å²) in [5.41, 5.74) is 2.61. The molecule has 1 amide bonds. The van der Waals surface area contributed by atoms with Crippen molar-refractivity contribution in [1.29, 1.82) is 0 Å². The number of ether oxygens (including phenoxy) is 1. The normalized spacial score (nSPS) is 18.3. The van der Waals surface area contributed by atoms with Crippen molar-refractivity contribution in [3.63, 3.8) is 0 Å².